The van der Waals surface area contributed by atoms with E-state index in [1.807, 2.05) is 49.9 Å². The minimum atomic E-state index is -0.144. The van der Waals surface area contributed by atoms with Gasteiger partial charge in [0.1, 0.15) is 0 Å². The van der Waals surface area contributed by atoms with Crippen LogP contribution < -0.4 is 10.6 Å². The molecule has 19 heavy (non-hydrogen) atoms. The van der Waals surface area contributed by atoms with Gasteiger partial charge in [-0.15, -0.1) is 0 Å². The number of hydrogen-bond donors (Lipinski definition) is 2. The first kappa shape index (κ1) is 14.4. The summed E-state index contributed by atoms with van der Waals surface area (Å²) >= 11 is 2.00. The number of hydrogen-bond acceptors (Lipinski definition) is 3. The Balaban J connectivity index is 1.83. The maximum atomic E-state index is 12.1. The molecule has 0 aliphatic carbocycles. The molecule has 4 heteroatoms. The van der Waals surface area contributed by atoms with Gasteiger partial charge in [0.15, 0.2) is 0 Å². The van der Waals surface area contributed by atoms with Crippen molar-refractivity contribution >= 4 is 23.4 Å². The Labute approximate surface area is 119 Å². The van der Waals surface area contributed by atoms with Crippen molar-refractivity contribution in [2.24, 2.45) is 0 Å². The van der Waals surface area contributed by atoms with E-state index in [2.05, 4.69) is 10.6 Å². The molecule has 0 spiro atoms. The van der Waals surface area contributed by atoms with Crippen molar-refractivity contribution in [1.29, 1.82) is 0 Å². The average Bonchev–Trinajstić information content (AvgIpc) is 2.42. The predicted octanol–water partition coefficient (Wildman–Crippen LogP) is 2.81. The predicted molar refractivity (Wildman–Crippen MR) is 82.8 cm³/mol. The van der Waals surface area contributed by atoms with Crippen LogP contribution in [0.1, 0.15) is 25.3 Å². The molecule has 0 saturated carbocycles. The fourth-order valence-electron chi connectivity index (χ4n) is 2.18. The molecule has 0 radical (unpaired) electrons. The van der Waals surface area contributed by atoms with E-state index < -0.39 is 0 Å². The standard InChI is InChI=1S/C15H22N2OS/c1-11-3-5-13(6-4-11)17-15(18)12(2)16-14-7-9-19-10-8-14/h3-6,12,14,16H,7-10H2,1-2H3,(H,17,18). The first-order chi connectivity index (χ1) is 9.15. The van der Waals surface area contributed by atoms with Crippen molar-refractivity contribution in [3.8, 4) is 0 Å². The van der Waals surface area contributed by atoms with Crippen LogP contribution in [0.15, 0.2) is 24.3 Å². The summed E-state index contributed by atoms with van der Waals surface area (Å²) in [5.41, 5.74) is 2.06. The van der Waals surface area contributed by atoms with Crippen LogP contribution >= 0.6 is 11.8 Å². The van der Waals surface area contributed by atoms with Crippen LogP contribution in [0.2, 0.25) is 0 Å². The molecule has 0 aromatic heterocycles. The Hall–Kier alpha value is -1.00. The quantitative estimate of drug-likeness (QED) is 0.890. The zero-order valence-corrected chi connectivity index (χ0v) is 12.4. The Kier molecular flexibility index (Phi) is 5.28. The zero-order valence-electron chi connectivity index (χ0n) is 11.6. The number of amides is 1. The van der Waals surface area contributed by atoms with E-state index in [-0.39, 0.29) is 11.9 Å². The molecule has 0 bridgehead atoms. The lowest BCUT2D eigenvalue weighted by Gasteiger charge is -2.25. The van der Waals surface area contributed by atoms with Gasteiger partial charge in [-0.2, -0.15) is 11.8 Å². The molecule has 1 atom stereocenters. The van der Waals surface area contributed by atoms with Gasteiger partial charge in [0, 0.05) is 11.7 Å². The van der Waals surface area contributed by atoms with Crippen molar-refractivity contribution < 1.29 is 4.79 Å². The summed E-state index contributed by atoms with van der Waals surface area (Å²) < 4.78 is 0. The molecule has 1 amide bonds. The van der Waals surface area contributed by atoms with E-state index in [9.17, 15) is 4.79 Å². The lowest BCUT2D eigenvalue weighted by Crippen LogP contribution is -2.45. The van der Waals surface area contributed by atoms with Crippen molar-refractivity contribution in [2.45, 2.75) is 38.8 Å². The van der Waals surface area contributed by atoms with Crippen LogP contribution in [0, 0.1) is 6.92 Å². The Morgan fingerprint density at radius 3 is 2.53 bits per heavy atom. The van der Waals surface area contributed by atoms with E-state index in [0.29, 0.717) is 6.04 Å². The molecule has 1 unspecified atom stereocenters. The highest BCUT2D eigenvalue weighted by atomic mass is 32.2. The highest BCUT2D eigenvalue weighted by molar-refractivity contribution is 7.99. The van der Waals surface area contributed by atoms with Gasteiger partial charge in [0.05, 0.1) is 6.04 Å². The van der Waals surface area contributed by atoms with Crippen molar-refractivity contribution in [3.63, 3.8) is 0 Å². The van der Waals surface area contributed by atoms with Gasteiger partial charge < -0.3 is 10.6 Å². The summed E-state index contributed by atoms with van der Waals surface area (Å²) in [6.07, 6.45) is 2.32. The molecule has 2 rings (SSSR count). The van der Waals surface area contributed by atoms with Crippen molar-refractivity contribution in [2.75, 3.05) is 16.8 Å². The molecule has 104 valence electrons. The molecule has 1 aromatic carbocycles. The molecule has 1 aromatic rings. The number of anilines is 1. The lowest BCUT2D eigenvalue weighted by atomic mass is 10.1. The summed E-state index contributed by atoms with van der Waals surface area (Å²) in [5, 5.41) is 6.38. The van der Waals surface area contributed by atoms with Crippen LogP contribution in [0.4, 0.5) is 5.69 Å². The molecule has 1 saturated heterocycles. The summed E-state index contributed by atoms with van der Waals surface area (Å²) in [4.78, 5) is 12.1. The summed E-state index contributed by atoms with van der Waals surface area (Å²) in [7, 11) is 0. The second-order valence-corrected chi connectivity index (χ2v) is 6.36. The number of thioether (sulfide) groups is 1. The molecule has 1 aliphatic rings. The van der Waals surface area contributed by atoms with Gasteiger partial charge in [-0.3, -0.25) is 4.79 Å². The number of carbonyl (C=O) groups is 1. The minimum absolute atomic E-state index is 0.0436. The highest BCUT2D eigenvalue weighted by Gasteiger charge is 2.19. The maximum absolute atomic E-state index is 12.1. The maximum Gasteiger partial charge on any atom is 0.241 e. The number of carbonyl (C=O) groups excluding carboxylic acids is 1. The van der Waals surface area contributed by atoms with Crippen LogP contribution in [-0.2, 0) is 4.79 Å². The molecule has 2 N–H and O–H groups in total. The Bertz CT molecular complexity index is 413. The first-order valence-electron chi connectivity index (χ1n) is 6.86. The molecule has 3 nitrogen and oxygen atoms in total. The molecule has 1 fully saturated rings. The summed E-state index contributed by atoms with van der Waals surface area (Å²) in [5.74, 6) is 2.44. The molecule has 1 heterocycles. The monoisotopic (exact) mass is 278 g/mol. The second kappa shape index (κ2) is 6.96. The van der Waals surface area contributed by atoms with Gasteiger partial charge in [0.25, 0.3) is 0 Å². The van der Waals surface area contributed by atoms with E-state index in [0.717, 1.165) is 18.5 Å². The zero-order chi connectivity index (χ0) is 13.7. The average molecular weight is 278 g/mol. The van der Waals surface area contributed by atoms with Crippen LogP contribution in [0.3, 0.4) is 0 Å². The van der Waals surface area contributed by atoms with E-state index in [4.69, 9.17) is 0 Å². The minimum Gasteiger partial charge on any atom is -0.325 e. The van der Waals surface area contributed by atoms with E-state index >= 15 is 0 Å². The Morgan fingerprint density at radius 1 is 1.26 bits per heavy atom. The fourth-order valence-corrected chi connectivity index (χ4v) is 3.29. The third-order valence-electron chi connectivity index (χ3n) is 3.42. The third-order valence-corrected chi connectivity index (χ3v) is 4.47. The van der Waals surface area contributed by atoms with Crippen LogP contribution in [0.25, 0.3) is 0 Å². The van der Waals surface area contributed by atoms with E-state index in [1.54, 1.807) is 0 Å². The first-order valence-corrected chi connectivity index (χ1v) is 8.02. The fraction of sp³-hybridized carbons (Fsp3) is 0.533. The molecular formula is C15H22N2OS. The van der Waals surface area contributed by atoms with Crippen LogP contribution in [0.5, 0.6) is 0 Å². The summed E-state index contributed by atoms with van der Waals surface area (Å²) in [6, 6.07) is 8.24. The SMILES string of the molecule is Cc1ccc(NC(=O)C(C)NC2CCSCC2)cc1. The number of benzene rings is 1. The second-order valence-electron chi connectivity index (χ2n) is 5.13. The number of aryl methyl sites for hydroxylation is 1. The van der Waals surface area contributed by atoms with Gasteiger partial charge >= 0.3 is 0 Å². The largest absolute Gasteiger partial charge is 0.325 e. The van der Waals surface area contributed by atoms with Gasteiger partial charge in [-0.05, 0) is 50.3 Å². The lowest BCUT2D eigenvalue weighted by molar-refractivity contribution is -0.118. The topological polar surface area (TPSA) is 41.1 Å². The van der Waals surface area contributed by atoms with E-state index in [1.165, 1.54) is 17.1 Å². The van der Waals surface area contributed by atoms with Gasteiger partial charge in [-0.25, -0.2) is 0 Å². The molecular weight excluding hydrogens is 256 g/mol. The highest BCUT2D eigenvalue weighted by Crippen LogP contribution is 2.17. The van der Waals surface area contributed by atoms with Crippen LogP contribution in [-0.4, -0.2) is 29.5 Å². The van der Waals surface area contributed by atoms with Crippen molar-refractivity contribution in [3.05, 3.63) is 29.8 Å². The normalized spacial score (nSPS) is 18.0. The van der Waals surface area contributed by atoms with Gasteiger partial charge in [-0.1, -0.05) is 17.7 Å². The third kappa shape index (κ3) is 4.55. The Morgan fingerprint density at radius 2 is 1.89 bits per heavy atom. The number of rotatable bonds is 4. The van der Waals surface area contributed by atoms with Gasteiger partial charge in [0.2, 0.25) is 5.91 Å². The number of nitrogens with one attached hydrogen (secondary N) is 2. The summed E-state index contributed by atoms with van der Waals surface area (Å²) in [6.45, 7) is 3.97. The van der Waals surface area contributed by atoms with Crippen molar-refractivity contribution in [1.82, 2.24) is 5.32 Å². The molecule has 1 aliphatic heterocycles. The smallest absolute Gasteiger partial charge is 0.241 e.